The van der Waals surface area contributed by atoms with E-state index in [-0.39, 0.29) is 5.56 Å². The summed E-state index contributed by atoms with van der Waals surface area (Å²) in [6.45, 7) is 1.91. The highest BCUT2D eigenvalue weighted by molar-refractivity contribution is 7.98. The highest BCUT2D eigenvalue weighted by atomic mass is 32.2. The minimum atomic E-state index is -0.954. The van der Waals surface area contributed by atoms with Crippen LogP contribution in [0.5, 0.6) is 0 Å². The number of hydrogen-bond acceptors (Lipinski definition) is 5. The van der Waals surface area contributed by atoms with E-state index in [1.165, 1.54) is 24.6 Å². The lowest BCUT2D eigenvalue weighted by Crippen LogP contribution is -2.20. The Morgan fingerprint density at radius 2 is 2.11 bits per heavy atom. The Morgan fingerprint density at radius 3 is 2.63 bits per heavy atom. The van der Waals surface area contributed by atoms with Crippen LogP contribution in [0, 0.1) is 0 Å². The number of nitrogens with one attached hydrogen (secondary N) is 1. The lowest BCUT2D eigenvalue weighted by molar-refractivity contribution is 0.0695. The van der Waals surface area contributed by atoms with Crippen LogP contribution in [-0.2, 0) is 6.42 Å². The van der Waals surface area contributed by atoms with Crippen molar-refractivity contribution in [1.82, 2.24) is 9.97 Å². The van der Waals surface area contributed by atoms with Crippen LogP contribution in [0.4, 0.5) is 5.82 Å². The third-order valence-corrected chi connectivity index (χ3v) is 3.94. The van der Waals surface area contributed by atoms with Crippen molar-refractivity contribution >= 4 is 23.5 Å². The van der Waals surface area contributed by atoms with Gasteiger partial charge in [-0.3, -0.25) is 0 Å². The predicted octanol–water partition coefficient (Wildman–Crippen LogP) is 2.81. The number of carboxylic acid groups (broad SMARTS) is 1. The van der Waals surface area contributed by atoms with Crippen LogP contribution in [0.1, 0.15) is 48.7 Å². The van der Waals surface area contributed by atoms with Crippen molar-refractivity contribution in [3.05, 3.63) is 11.3 Å². The lowest BCUT2D eigenvalue weighted by Gasteiger charge is -2.16. The first-order valence-electron chi connectivity index (χ1n) is 6.60. The van der Waals surface area contributed by atoms with E-state index in [9.17, 15) is 9.90 Å². The molecule has 1 aliphatic rings. The third kappa shape index (κ3) is 3.18. The Kier molecular flexibility index (Phi) is 4.63. The highest BCUT2D eigenvalue weighted by Crippen LogP contribution is 2.26. The summed E-state index contributed by atoms with van der Waals surface area (Å²) in [6.07, 6.45) is 7.05. The Balaban J connectivity index is 2.39. The fourth-order valence-electron chi connectivity index (χ4n) is 2.42. The van der Waals surface area contributed by atoms with Crippen molar-refractivity contribution in [2.24, 2.45) is 0 Å². The number of carboxylic acids is 1. The Bertz CT molecular complexity index is 473. The highest BCUT2D eigenvalue weighted by Gasteiger charge is 2.23. The van der Waals surface area contributed by atoms with Crippen LogP contribution in [0.15, 0.2) is 5.16 Å². The van der Waals surface area contributed by atoms with Crippen molar-refractivity contribution < 1.29 is 9.90 Å². The van der Waals surface area contributed by atoms with Crippen LogP contribution in [0.25, 0.3) is 0 Å². The van der Waals surface area contributed by atoms with Crippen LogP contribution in [-0.4, -0.2) is 33.3 Å². The van der Waals surface area contributed by atoms with Gasteiger partial charge in [0.05, 0.1) is 5.69 Å². The van der Waals surface area contributed by atoms with Gasteiger partial charge in [0.25, 0.3) is 0 Å². The van der Waals surface area contributed by atoms with E-state index in [1.54, 1.807) is 0 Å². The number of rotatable bonds is 5. The van der Waals surface area contributed by atoms with Gasteiger partial charge in [0.1, 0.15) is 11.4 Å². The Morgan fingerprint density at radius 1 is 1.42 bits per heavy atom. The van der Waals surface area contributed by atoms with Crippen molar-refractivity contribution in [2.75, 3.05) is 11.6 Å². The fraction of sp³-hybridized carbons (Fsp3) is 0.615. The molecule has 0 amide bonds. The average molecular weight is 281 g/mol. The van der Waals surface area contributed by atoms with Crippen molar-refractivity contribution in [1.29, 1.82) is 0 Å². The van der Waals surface area contributed by atoms with Gasteiger partial charge in [0, 0.05) is 6.04 Å². The molecule has 5 nitrogen and oxygen atoms in total. The van der Waals surface area contributed by atoms with Gasteiger partial charge in [-0.05, 0) is 25.5 Å². The van der Waals surface area contributed by atoms with E-state index in [4.69, 9.17) is 0 Å². The Labute approximate surface area is 117 Å². The molecule has 1 aliphatic carbocycles. The second-order valence-corrected chi connectivity index (χ2v) is 5.44. The van der Waals surface area contributed by atoms with Crippen molar-refractivity contribution in [2.45, 2.75) is 50.2 Å². The summed E-state index contributed by atoms with van der Waals surface area (Å²) in [4.78, 5) is 20.1. The smallest absolute Gasteiger partial charge is 0.341 e. The van der Waals surface area contributed by atoms with Gasteiger partial charge in [0.15, 0.2) is 5.16 Å². The maximum atomic E-state index is 11.4. The molecule has 104 valence electrons. The molecule has 0 spiro atoms. The monoisotopic (exact) mass is 281 g/mol. The van der Waals surface area contributed by atoms with Gasteiger partial charge in [0.2, 0.25) is 0 Å². The molecule has 0 aromatic carbocycles. The minimum absolute atomic E-state index is 0.229. The van der Waals surface area contributed by atoms with E-state index in [0.717, 1.165) is 12.8 Å². The topological polar surface area (TPSA) is 75.1 Å². The number of carbonyl (C=O) groups is 1. The van der Waals surface area contributed by atoms with Crippen LogP contribution < -0.4 is 5.32 Å². The van der Waals surface area contributed by atoms with Gasteiger partial charge in [-0.1, -0.05) is 31.5 Å². The molecule has 19 heavy (non-hydrogen) atoms. The maximum Gasteiger partial charge on any atom is 0.341 e. The molecule has 0 aliphatic heterocycles. The van der Waals surface area contributed by atoms with E-state index < -0.39 is 5.97 Å². The second kappa shape index (κ2) is 6.23. The Hall–Kier alpha value is -1.30. The van der Waals surface area contributed by atoms with Crippen LogP contribution in [0.3, 0.4) is 0 Å². The summed E-state index contributed by atoms with van der Waals surface area (Å²) in [5, 5.41) is 13.3. The molecule has 1 heterocycles. The summed E-state index contributed by atoms with van der Waals surface area (Å²) in [6, 6.07) is 0.340. The third-order valence-electron chi connectivity index (χ3n) is 3.39. The van der Waals surface area contributed by atoms with E-state index in [0.29, 0.717) is 29.1 Å². The first-order chi connectivity index (χ1) is 9.15. The summed E-state index contributed by atoms with van der Waals surface area (Å²) in [5.41, 5.74) is 0.833. The largest absolute Gasteiger partial charge is 0.477 e. The lowest BCUT2D eigenvalue weighted by atomic mass is 10.1. The average Bonchev–Trinajstić information content (AvgIpc) is 2.90. The summed E-state index contributed by atoms with van der Waals surface area (Å²) >= 11 is 1.44. The minimum Gasteiger partial charge on any atom is -0.477 e. The van der Waals surface area contributed by atoms with Gasteiger partial charge in [-0.15, -0.1) is 0 Å². The molecule has 1 aromatic heterocycles. The zero-order chi connectivity index (χ0) is 13.8. The number of anilines is 1. The zero-order valence-corrected chi connectivity index (χ0v) is 12.1. The van der Waals surface area contributed by atoms with Crippen LogP contribution >= 0.6 is 11.8 Å². The number of aryl methyl sites for hydroxylation is 1. The zero-order valence-electron chi connectivity index (χ0n) is 11.3. The van der Waals surface area contributed by atoms with Crippen molar-refractivity contribution in [3.8, 4) is 0 Å². The number of hydrogen-bond donors (Lipinski definition) is 2. The quantitative estimate of drug-likeness (QED) is 0.638. The van der Waals surface area contributed by atoms with Gasteiger partial charge < -0.3 is 10.4 Å². The molecule has 0 atom stereocenters. The maximum absolute atomic E-state index is 11.4. The predicted molar refractivity (Wildman–Crippen MR) is 76.0 cm³/mol. The first-order valence-corrected chi connectivity index (χ1v) is 7.83. The molecular formula is C13H19N3O2S. The van der Waals surface area contributed by atoms with Crippen LogP contribution in [0.2, 0.25) is 0 Å². The second-order valence-electron chi connectivity index (χ2n) is 4.67. The molecule has 0 bridgehead atoms. The van der Waals surface area contributed by atoms with Gasteiger partial charge >= 0.3 is 5.97 Å². The standard InChI is InChI=1S/C13H19N3O2S/c1-3-9-10(12(17)18)11(16-13(15-9)19-2)14-8-6-4-5-7-8/h8H,3-7H2,1-2H3,(H,17,18)(H,14,15,16). The summed E-state index contributed by atoms with van der Waals surface area (Å²) < 4.78 is 0. The molecule has 0 saturated heterocycles. The molecule has 2 rings (SSSR count). The normalized spacial score (nSPS) is 15.7. The molecule has 2 N–H and O–H groups in total. The molecule has 1 aromatic rings. The van der Waals surface area contributed by atoms with E-state index in [2.05, 4.69) is 15.3 Å². The fourth-order valence-corrected chi connectivity index (χ4v) is 2.81. The van der Waals surface area contributed by atoms with Crippen molar-refractivity contribution in [3.63, 3.8) is 0 Å². The van der Waals surface area contributed by atoms with E-state index >= 15 is 0 Å². The molecule has 1 fully saturated rings. The molecule has 1 saturated carbocycles. The number of aromatic nitrogens is 2. The van der Waals surface area contributed by atoms with E-state index in [1.807, 2.05) is 13.2 Å². The number of nitrogens with zero attached hydrogens (tertiary/aromatic N) is 2. The molecule has 6 heteroatoms. The summed E-state index contributed by atoms with van der Waals surface area (Å²) in [5.74, 6) is -0.472. The molecule has 0 unspecified atom stereocenters. The van der Waals surface area contributed by atoms with Gasteiger partial charge in [-0.25, -0.2) is 14.8 Å². The van der Waals surface area contributed by atoms with Gasteiger partial charge in [-0.2, -0.15) is 0 Å². The molecular weight excluding hydrogens is 262 g/mol. The SMILES string of the molecule is CCc1nc(SC)nc(NC2CCCC2)c1C(=O)O. The number of aromatic carboxylic acids is 1. The first kappa shape index (κ1) is 14.1. The number of thioether (sulfide) groups is 1. The summed E-state index contributed by atoms with van der Waals surface area (Å²) in [7, 11) is 0. The molecule has 0 radical (unpaired) electrons.